The van der Waals surface area contributed by atoms with Crippen LogP contribution in [0, 0.1) is 11.7 Å². The Labute approximate surface area is 174 Å². The number of benzene rings is 1. The second-order valence-electron chi connectivity index (χ2n) is 8.83. The molecular formula is C22H29F4N3O. The molecule has 166 valence electrons. The van der Waals surface area contributed by atoms with Crippen LogP contribution in [0.2, 0.25) is 0 Å². The summed E-state index contributed by atoms with van der Waals surface area (Å²) >= 11 is 0. The van der Waals surface area contributed by atoms with Crippen LogP contribution >= 0.6 is 0 Å². The molecule has 1 saturated heterocycles. The topological polar surface area (TPSA) is 35.6 Å². The molecule has 0 atom stereocenters. The Kier molecular flexibility index (Phi) is 6.23. The third-order valence-corrected chi connectivity index (χ3v) is 6.94. The maximum atomic E-state index is 13.8. The summed E-state index contributed by atoms with van der Waals surface area (Å²) in [7, 11) is 0. The van der Waals surface area contributed by atoms with Gasteiger partial charge in [-0.25, -0.2) is 4.39 Å². The van der Waals surface area contributed by atoms with Crippen molar-refractivity contribution in [3.63, 3.8) is 0 Å². The van der Waals surface area contributed by atoms with Crippen LogP contribution < -0.4 is 5.32 Å². The molecule has 1 aromatic rings. The van der Waals surface area contributed by atoms with Gasteiger partial charge in [0.25, 0.3) is 0 Å². The van der Waals surface area contributed by atoms with Crippen molar-refractivity contribution >= 4 is 11.6 Å². The number of nitrogens with zero attached hydrogens (tertiary/aromatic N) is 2. The Morgan fingerprint density at radius 2 is 1.63 bits per heavy atom. The van der Waals surface area contributed by atoms with E-state index in [4.69, 9.17) is 0 Å². The van der Waals surface area contributed by atoms with Gasteiger partial charge in [0.2, 0.25) is 5.91 Å². The van der Waals surface area contributed by atoms with Gasteiger partial charge in [-0.1, -0.05) is 6.42 Å². The lowest BCUT2D eigenvalue weighted by Crippen LogP contribution is -2.54. The van der Waals surface area contributed by atoms with E-state index in [0.29, 0.717) is 5.69 Å². The molecule has 4 rings (SSSR count). The maximum absolute atomic E-state index is 13.8. The van der Waals surface area contributed by atoms with E-state index in [0.717, 1.165) is 70.0 Å². The number of halogens is 4. The van der Waals surface area contributed by atoms with Gasteiger partial charge >= 0.3 is 6.18 Å². The van der Waals surface area contributed by atoms with Crippen molar-refractivity contribution < 1.29 is 22.4 Å². The van der Waals surface area contributed by atoms with Crippen LogP contribution in [0.5, 0.6) is 0 Å². The van der Waals surface area contributed by atoms with Gasteiger partial charge in [0, 0.05) is 49.9 Å². The molecule has 0 aromatic heterocycles. The quantitative estimate of drug-likeness (QED) is 0.718. The zero-order valence-electron chi connectivity index (χ0n) is 17.1. The van der Waals surface area contributed by atoms with Crippen LogP contribution in [0.1, 0.15) is 50.5 Å². The standard InChI is InChI=1S/C22H29F4N3O/c23-20-14-17(8-9-19(20)22(24,25)26)27-16-6-4-15(5-7-16)21(30)29-12-10-28(11-13-29)18-2-1-3-18/h8-9,14-16,18,27H,1-7,10-13H2. The molecule has 1 aromatic carbocycles. The molecule has 1 N–H and O–H groups in total. The highest BCUT2D eigenvalue weighted by atomic mass is 19.4. The van der Waals surface area contributed by atoms with Crippen molar-refractivity contribution in [3.05, 3.63) is 29.6 Å². The van der Waals surface area contributed by atoms with E-state index in [1.165, 1.54) is 25.3 Å². The normalized spacial score (nSPS) is 26.3. The highest BCUT2D eigenvalue weighted by Crippen LogP contribution is 2.34. The molecule has 30 heavy (non-hydrogen) atoms. The molecule has 3 aliphatic rings. The van der Waals surface area contributed by atoms with Gasteiger partial charge in [-0.2, -0.15) is 13.2 Å². The van der Waals surface area contributed by atoms with Crippen molar-refractivity contribution in [2.45, 2.75) is 63.2 Å². The Bertz CT molecular complexity index is 749. The van der Waals surface area contributed by atoms with Crippen molar-refractivity contribution in [2.75, 3.05) is 31.5 Å². The summed E-state index contributed by atoms with van der Waals surface area (Å²) in [5, 5.41) is 3.13. The molecule has 2 saturated carbocycles. The largest absolute Gasteiger partial charge is 0.419 e. The fourth-order valence-electron chi connectivity index (χ4n) is 4.87. The molecule has 0 spiro atoms. The third-order valence-electron chi connectivity index (χ3n) is 6.94. The lowest BCUT2D eigenvalue weighted by molar-refractivity contribution is -0.140. The van der Waals surface area contributed by atoms with Crippen LogP contribution in [-0.4, -0.2) is 54.0 Å². The summed E-state index contributed by atoms with van der Waals surface area (Å²) in [6.45, 7) is 3.54. The number of amides is 1. The first-order valence-corrected chi connectivity index (χ1v) is 11.0. The molecule has 2 aliphatic carbocycles. The van der Waals surface area contributed by atoms with Gasteiger partial charge in [0.15, 0.2) is 0 Å². The van der Waals surface area contributed by atoms with Crippen molar-refractivity contribution in [2.24, 2.45) is 5.92 Å². The van der Waals surface area contributed by atoms with Gasteiger partial charge in [0.1, 0.15) is 5.82 Å². The van der Waals surface area contributed by atoms with E-state index in [1.54, 1.807) is 0 Å². The molecule has 1 heterocycles. The number of alkyl halides is 3. The molecule has 4 nitrogen and oxygen atoms in total. The fourth-order valence-corrected chi connectivity index (χ4v) is 4.87. The molecule has 8 heteroatoms. The van der Waals surface area contributed by atoms with Crippen LogP contribution in [0.25, 0.3) is 0 Å². The summed E-state index contributed by atoms with van der Waals surface area (Å²) < 4.78 is 51.8. The first kappa shape index (κ1) is 21.4. The number of rotatable bonds is 4. The van der Waals surface area contributed by atoms with Crippen LogP contribution in [0.4, 0.5) is 23.2 Å². The molecule has 0 radical (unpaired) electrons. The van der Waals surface area contributed by atoms with E-state index >= 15 is 0 Å². The van der Waals surface area contributed by atoms with E-state index in [1.807, 2.05) is 4.90 Å². The predicted octanol–water partition coefficient (Wildman–Crippen LogP) is 4.51. The lowest BCUT2D eigenvalue weighted by Gasteiger charge is -2.44. The summed E-state index contributed by atoms with van der Waals surface area (Å²) in [5.74, 6) is -1.01. The van der Waals surface area contributed by atoms with Crippen LogP contribution in [0.15, 0.2) is 18.2 Å². The smallest absolute Gasteiger partial charge is 0.382 e. The highest BCUT2D eigenvalue weighted by molar-refractivity contribution is 5.79. The molecular weight excluding hydrogens is 398 g/mol. The Morgan fingerprint density at radius 3 is 2.17 bits per heavy atom. The number of carbonyl (C=O) groups is 1. The van der Waals surface area contributed by atoms with E-state index in [-0.39, 0.29) is 17.9 Å². The van der Waals surface area contributed by atoms with E-state index in [9.17, 15) is 22.4 Å². The van der Waals surface area contributed by atoms with E-state index < -0.39 is 17.6 Å². The second kappa shape index (κ2) is 8.73. The Morgan fingerprint density at radius 1 is 0.967 bits per heavy atom. The van der Waals surface area contributed by atoms with Gasteiger partial charge in [-0.3, -0.25) is 9.69 Å². The van der Waals surface area contributed by atoms with Gasteiger partial charge in [-0.15, -0.1) is 0 Å². The SMILES string of the molecule is O=C(C1CCC(Nc2ccc(C(F)(F)F)c(F)c2)CC1)N1CCN(C2CCC2)CC1. The zero-order chi connectivity index (χ0) is 21.3. The highest BCUT2D eigenvalue weighted by Gasteiger charge is 2.35. The van der Waals surface area contributed by atoms with Crippen LogP contribution in [0.3, 0.4) is 0 Å². The number of nitrogens with one attached hydrogen (secondary N) is 1. The monoisotopic (exact) mass is 427 g/mol. The molecule has 1 amide bonds. The number of hydrogen-bond acceptors (Lipinski definition) is 3. The van der Waals surface area contributed by atoms with Crippen LogP contribution in [-0.2, 0) is 11.0 Å². The van der Waals surface area contributed by atoms with Crippen molar-refractivity contribution in [3.8, 4) is 0 Å². The maximum Gasteiger partial charge on any atom is 0.419 e. The van der Waals surface area contributed by atoms with E-state index in [2.05, 4.69) is 10.2 Å². The fraction of sp³-hybridized carbons (Fsp3) is 0.682. The Balaban J connectivity index is 1.24. The average Bonchev–Trinajstić information content (AvgIpc) is 2.66. The molecule has 3 fully saturated rings. The minimum Gasteiger partial charge on any atom is -0.382 e. The minimum absolute atomic E-state index is 0.0163. The molecule has 0 unspecified atom stereocenters. The summed E-state index contributed by atoms with van der Waals surface area (Å²) in [6, 6.07) is 3.71. The first-order valence-electron chi connectivity index (χ1n) is 11.0. The first-order chi connectivity index (χ1) is 14.3. The number of carbonyl (C=O) groups excluding carboxylic acids is 1. The van der Waals surface area contributed by atoms with Gasteiger partial charge in [-0.05, 0) is 56.7 Å². The predicted molar refractivity (Wildman–Crippen MR) is 107 cm³/mol. The molecule has 0 bridgehead atoms. The van der Waals surface area contributed by atoms with Gasteiger partial charge < -0.3 is 10.2 Å². The summed E-state index contributed by atoms with van der Waals surface area (Å²) in [4.78, 5) is 17.4. The average molecular weight is 427 g/mol. The second-order valence-corrected chi connectivity index (χ2v) is 8.83. The summed E-state index contributed by atoms with van der Waals surface area (Å²) in [6.07, 6.45) is 2.21. The Hall–Kier alpha value is -1.83. The molecule has 1 aliphatic heterocycles. The van der Waals surface area contributed by atoms with Gasteiger partial charge in [0.05, 0.1) is 5.56 Å². The number of hydrogen-bond donors (Lipinski definition) is 1. The number of piperazine rings is 1. The lowest BCUT2D eigenvalue weighted by atomic mass is 9.84. The minimum atomic E-state index is -4.69. The number of anilines is 1. The van der Waals surface area contributed by atoms with Crippen molar-refractivity contribution in [1.29, 1.82) is 0 Å². The van der Waals surface area contributed by atoms with Crippen molar-refractivity contribution in [1.82, 2.24) is 9.80 Å². The zero-order valence-corrected chi connectivity index (χ0v) is 17.1. The third kappa shape index (κ3) is 4.74. The summed E-state index contributed by atoms with van der Waals surface area (Å²) in [5.41, 5.74) is -0.901.